The Kier molecular flexibility index (Phi) is 6.54. The van der Waals surface area contributed by atoms with Crippen LogP contribution in [0.15, 0.2) is 18.2 Å². The van der Waals surface area contributed by atoms with Gasteiger partial charge in [-0.2, -0.15) is 0 Å². The molecule has 0 aromatic heterocycles. The van der Waals surface area contributed by atoms with Crippen molar-refractivity contribution in [1.82, 2.24) is 4.90 Å². The molecule has 0 unspecified atom stereocenters. The molecule has 0 amide bonds. The minimum atomic E-state index is 0.456. The zero-order chi connectivity index (χ0) is 13.4. The topological polar surface area (TPSA) is 47.7 Å². The molecule has 4 heteroatoms. The molecule has 0 fully saturated rings. The molecule has 1 aromatic rings. The molecule has 0 atom stereocenters. The van der Waals surface area contributed by atoms with Crippen molar-refractivity contribution in [3.8, 4) is 11.5 Å². The molecule has 102 valence electrons. The van der Waals surface area contributed by atoms with E-state index in [9.17, 15) is 0 Å². The van der Waals surface area contributed by atoms with Gasteiger partial charge in [0.15, 0.2) is 0 Å². The van der Waals surface area contributed by atoms with Crippen LogP contribution in [0, 0.1) is 0 Å². The number of hydrogen-bond donors (Lipinski definition) is 1. The second-order valence-electron chi connectivity index (χ2n) is 4.05. The van der Waals surface area contributed by atoms with Crippen LogP contribution in [-0.4, -0.2) is 38.3 Å². The third-order valence-electron chi connectivity index (χ3n) is 3.05. The van der Waals surface area contributed by atoms with Gasteiger partial charge in [0, 0.05) is 18.7 Å². The van der Waals surface area contributed by atoms with E-state index in [1.165, 1.54) is 0 Å². The Bertz CT molecular complexity index is 352. The van der Waals surface area contributed by atoms with Crippen molar-refractivity contribution < 1.29 is 9.47 Å². The van der Waals surface area contributed by atoms with Crippen molar-refractivity contribution >= 4 is 0 Å². The van der Waals surface area contributed by atoms with Crippen LogP contribution >= 0.6 is 0 Å². The second kappa shape index (κ2) is 7.95. The summed E-state index contributed by atoms with van der Waals surface area (Å²) in [5.41, 5.74) is 6.69. The fraction of sp³-hybridized carbons (Fsp3) is 0.571. The Morgan fingerprint density at radius 1 is 1.22 bits per heavy atom. The molecular formula is C14H24N2O2. The second-order valence-corrected chi connectivity index (χ2v) is 4.05. The Balaban J connectivity index is 2.56. The summed E-state index contributed by atoms with van der Waals surface area (Å²) >= 11 is 0. The van der Waals surface area contributed by atoms with Crippen molar-refractivity contribution in [2.45, 2.75) is 20.4 Å². The number of nitrogens with two attached hydrogens (primary N) is 1. The van der Waals surface area contributed by atoms with Gasteiger partial charge in [-0.1, -0.05) is 13.8 Å². The zero-order valence-corrected chi connectivity index (χ0v) is 11.6. The van der Waals surface area contributed by atoms with Crippen LogP contribution in [0.1, 0.15) is 19.4 Å². The van der Waals surface area contributed by atoms with Crippen LogP contribution in [-0.2, 0) is 6.54 Å². The van der Waals surface area contributed by atoms with Gasteiger partial charge in [-0.15, -0.1) is 0 Å². The first-order valence-electron chi connectivity index (χ1n) is 6.47. The lowest BCUT2D eigenvalue weighted by Gasteiger charge is -2.19. The Labute approximate surface area is 110 Å². The summed E-state index contributed by atoms with van der Waals surface area (Å²) < 4.78 is 11.0. The monoisotopic (exact) mass is 252 g/mol. The average molecular weight is 252 g/mol. The first-order valence-corrected chi connectivity index (χ1v) is 6.47. The van der Waals surface area contributed by atoms with E-state index in [0.717, 1.165) is 36.7 Å². The number of methoxy groups -OCH3 is 1. The molecule has 0 saturated heterocycles. The van der Waals surface area contributed by atoms with Gasteiger partial charge in [0.05, 0.1) is 7.11 Å². The molecule has 0 aliphatic carbocycles. The molecule has 1 rings (SSSR count). The van der Waals surface area contributed by atoms with Gasteiger partial charge in [0.25, 0.3) is 0 Å². The molecule has 4 nitrogen and oxygen atoms in total. The number of nitrogens with zero attached hydrogens (tertiary/aromatic N) is 1. The zero-order valence-electron chi connectivity index (χ0n) is 11.6. The molecule has 2 N–H and O–H groups in total. The van der Waals surface area contributed by atoms with Crippen LogP contribution in [0.5, 0.6) is 11.5 Å². The number of hydrogen-bond acceptors (Lipinski definition) is 4. The molecule has 0 spiro atoms. The Morgan fingerprint density at radius 2 is 1.94 bits per heavy atom. The molecule has 0 saturated carbocycles. The van der Waals surface area contributed by atoms with E-state index in [0.29, 0.717) is 13.2 Å². The molecule has 0 heterocycles. The van der Waals surface area contributed by atoms with Crippen molar-refractivity contribution in [3.63, 3.8) is 0 Å². The summed E-state index contributed by atoms with van der Waals surface area (Å²) in [5.74, 6) is 1.66. The number of rotatable bonds is 8. The van der Waals surface area contributed by atoms with Crippen molar-refractivity contribution in [2.75, 3.05) is 33.4 Å². The first-order chi connectivity index (χ1) is 8.74. The normalized spacial score (nSPS) is 10.7. The van der Waals surface area contributed by atoms with E-state index in [-0.39, 0.29) is 0 Å². The molecular weight excluding hydrogens is 228 g/mol. The fourth-order valence-electron chi connectivity index (χ4n) is 1.81. The summed E-state index contributed by atoms with van der Waals surface area (Å²) in [6.07, 6.45) is 0. The minimum Gasteiger partial charge on any atom is -0.497 e. The van der Waals surface area contributed by atoms with Gasteiger partial charge in [-0.3, -0.25) is 0 Å². The molecule has 1 aromatic carbocycles. The number of ether oxygens (including phenoxy) is 2. The Hall–Kier alpha value is -1.26. The van der Waals surface area contributed by atoms with Gasteiger partial charge >= 0.3 is 0 Å². The summed E-state index contributed by atoms with van der Waals surface area (Å²) in [6, 6.07) is 5.74. The summed E-state index contributed by atoms with van der Waals surface area (Å²) in [7, 11) is 1.65. The van der Waals surface area contributed by atoms with Gasteiger partial charge in [-0.25, -0.2) is 0 Å². The van der Waals surface area contributed by atoms with Crippen molar-refractivity contribution in [2.24, 2.45) is 5.73 Å². The van der Waals surface area contributed by atoms with E-state index in [4.69, 9.17) is 15.2 Å². The van der Waals surface area contributed by atoms with Gasteiger partial charge in [-0.05, 0) is 31.3 Å². The van der Waals surface area contributed by atoms with E-state index < -0.39 is 0 Å². The molecule has 0 aliphatic heterocycles. The summed E-state index contributed by atoms with van der Waals surface area (Å²) in [4.78, 5) is 2.33. The first kappa shape index (κ1) is 14.8. The largest absolute Gasteiger partial charge is 0.497 e. The average Bonchev–Trinajstić information content (AvgIpc) is 2.43. The van der Waals surface area contributed by atoms with E-state index >= 15 is 0 Å². The van der Waals surface area contributed by atoms with Crippen LogP contribution in [0.4, 0.5) is 0 Å². The number of benzene rings is 1. The smallest absolute Gasteiger partial charge is 0.124 e. The van der Waals surface area contributed by atoms with Gasteiger partial charge in [0.2, 0.25) is 0 Å². The van der Waals surface area contributed by atoms with Gasteiger partial charge in [0.1, 0.15) is 18.1 Å². The van der Waals surface area contributed by atoms with Crippen molar-refractivity contribution in [1.29, 1.82) is 0 Å². The van der Waals surface area contributed by atoms with Crippen molar-refractivity contribution in [3.05, 3.63) is 23.8 Å². The predicted molar refractivity (Wildman–Crippen MR) is 74.2 cm³/mol. The SMILES string of the molecule is CCN(CC)CCOc1ccc(OC)cc1CN. The lowest BCUT2D eigenvalue weighted by molar-refractivity contribution is 0.221. The molecule has 18 heavy (non-hydrogen) atoms. The van der Waals surface area contributed by atoms with E-state index in [1.54, 1.807) is 7.11 Å². The maximum Gasteiger partial charge on any atom is 0.124 e. The fourth-order valence-corrected chi connectivity index (χ4v) is 1.81. The molecule has 0 radical (unpaired) electrons. The van der Waals surface area contributed by atoms with E-state index in [2.05, 4.69) is 18.7 Å². The highest BCUT2D eigenvalue weighted by atomic mass is 16.5. The third-order valence-corrected chi connectivity index (χ3v) is 3.05. The van der Waals surface area contributed by atoms with Crippen LogP contribution in [0.25, 0.3) is 0 Å². The lowest BCUT2D eigenvalue weighted by atomic mass is 10.2. The van der Waals surface area contributed by atoms with Gasteiger partial charge < -0.3 is 20.1 Å². The maximum absolute atomic E-state index is 5.78. The quantitative estimate of drug-likeness (QED) is 0.767. The maximum atomic E-state index is 5.78. The highest BCUT2D eigenvalue weighted by Gasteiger charge is 2.05. The highest BCUT2D eigenvalue weighted by molar-refractivity contribution is 5.40. The highest BCUT2D eigenvalue weighted by Crippen LogP contribution is 2.23. The van der Waals surface area contributed by atoms with E-state index in [1.807, 2.05) is 18.2 Å². The third kappa shape index (κ3) is 4.20. The van der Waals surface area contributed by atoms with Crippen LogP contribution in [0.3, 0.4) is 0 Å². The van der Waals surface area contributed by atoms with Crippen LogP contribution in [0.2, 0.25) is 0 Å². The summed E-state index contributed by atoms with van der Waals surface area (Å²) in [6.45, 7) is 8.48. The standard InChI is InChI=1S/C14H24N2O2/c1-4-16(5-2)8-9-18-14-7-6-13(17-3)10-12(14)11-15/h6-7,10H,4-5,8-9,11,15H2,1-3H3. The Morgan fingerprint density at radius 3 is 2.50 bits per heavy atom. The molecule has 0 aliphatic rings. The summed E-state index contributed by atoms with van der Waals surface area (Å²) in [5, 5.41) is 0. The minimum absolute atomic E-state index is 0.456. The van der Waals surface area contributed by atoms with Crippen LogP contribution < -0.4 is 15.2 Å². The number of likely N-dealkylation sites (N-methyl/N-ethyl adjacent to an activating group) is 1. The lowest BCUT2D eigenvalue weighted by Crippen LogP contribution is -2.28. The molecule has 0 bridgehead atoms. The predicted octanol–water partition coefficient (Wildman–Crippen LogP) is 1.87.